The van der Waals surface area contributed by atoms with Gasteiger partial charge < -0.3 is 15.5 Å². The number of nitrogens with one attached hydrogen (secondary N) is 2. The van der Waals surface area contributed by atoms with Crippen LogP contribution in [0.5, 0.6) is 0 Å². The Balaban J connectivity index is 1.40. The van der Waals surface area contributed by atoms with Crippen LogP contribution in [0.3, 0.4) is 0 Å². The van der Waals surface area contributed by atoms with Crippen LogP contribution >= 0.6 is 0 Å². The number of carbonyl (C=O) groups is 1. The molecule has 4 aromatic rings. The molecule has 158 valence electrons. The molecule has 4 heteroatoms. The first kappa shape index (κ1) is 19.9. The van der Waals surface area contributed by atoms with Crippen molar-refractivity contribution >= 4 is 39.4 Å². The second-order valence-electron chi connectivity index (χ2n) is 7.98. The van der Waals surface area contributed by atoms with Crippen molar-refractivity contribution in [2.24, 2.45) is 0 Å². The average Bonchev–Trinajstić information content (AvgIpc) is 3.07. The molecular weight excluding hydrogens is 394 g/mol. The topological polar surface area (TPSA) is 44.4 Å². The van der Waals surface area contributed by atoms with Crippen molar-refractivity contribution < 1.29 is 4.79 Å². The van der Waals surface area contributed by atoms with Gasteiger partial charge in [0.25, 0.3) is 0 Å². The van der Waals surface area contributed by atoms with E-state index in [0.717, 1.165) is 34.9 Å². The molecule has 0 fully saturated rings. The SMILES string of the molecule is CC(C(=O)Nc1ccc(N2C=CCNc3c2ccc2ccccc32)cc1)c1ccccc1. The molecule has 0 saturated carbocycles. The summed E-state index contributed by atoms with van der Waals surface area (Å²) in [4.78, 5) is 14.9. The summed E-state index contributed by atoms with van der Waals surface area (Å²) < 4.78 is 0. The van der Waals surface area contributed by atoms with E-state index >= 15 is 0 Å². The first-order chi connectivity index (χ1) is 15.7. The number of hydrogen-bond donors (Lipinski definition) is 2. The molecule has 2 N–H and O–H groups in total. The van der Waals surface area contributed by atoms with Crippen LogP contribution in [0.25, 0.3) is 10.8 Å². The number of carbonyl (C=O) groups excluding carboxylic acids is 1. The van der Waals surface area contributed by atoms with Crippen molar-refractivity contribution in [2.75, 3.05) is 22.1 Å². The standard InChI is InChI=1S/C28H25N3O/c1-20(21-8-3-2-4-9-21)28(32)30-23-13-15-24(16-14-23)31-19-7-18-29-27-25-11-6-5-10-22(25)12-17-26(27)31/h2-17,19-20,29H,18H2,1H3,(H,30,32). The number of nitrogens with zero attached hydrogens (tertiary/aromatic N) is 1. The van der Waals surface area contributed by atoms with Crippen LogP contribution in [-0.4, -0.2) is 12.5 Å². The number of benzene rings is 4. The lowest BCUT2D eigenvalue weighted by molar-refractivity contribution is -0.117. The highest BCUT2D eigenvalue weighted by Gasteiger charge is 2.17. The van der Waals surface area contributed by atoms with Gasteiger partial charge in [0.1, 0.15) is 0 Å². The Kier molecular flexibility index (Phi) is 5.34. The van der Waals surface area contributed by atoms with Crippen LogP contribution in [0.15, 0.2) is 103 Å². The minimum Gasteiger partial charge on any atom is -0.379 e. The average molecular weight is 420 g/mol. The van der Waals surface area contributed by atoms with Gasteiger partial charge in [-0.15, -0.1) is 0 Å². The number of anilines is 4. The van der Waals surface area contributed by atoms with E-state index in [-0.39, 0.29) is 11.8 Å². The van der Waals surface area contributed by atoms with Gasteiger partial charge in [-0.2, -0.15) is 0 Å². The van der Waals surface area contributed by atoms with Gasteiger partial charge in [-0.3, -0.25) is 4.79 Å². The van der Waals surface area contributed by atoms with Gasteiger partial charge in [0, 0.05) is 29.5 Å². The van der Waals surface area contributed by atoms with E-state index in [4.69, 9.17) is 0 Å². The maximum atomic E-state index is 12.7. The third-order valence-corrected chi connectivity index (χ3v) is 5.92. The summed E-state index contributed by atoms with van der Waals surface area (Å²) in [6.07, 6.45) is 4.21. The molecule has 1 heterocycles. The third kappa shape index (κ3) is 3.83. The van der Waals surface area contributed by atoms with Crippen LogP contribution < -0.4 is 15.5 Å². The molecule has 0 radical (unpaired) electrons. The Morgan fingerprint density at radius 3 is 2.47 bits per heavy atom. The fourth-order valence-corrected chi connectivity index (χ4v) is 4.12. The third-order valence-electron chi connectivity index (χ3n) is 5.92. The molecular formula is C28H25N3O. The Morgan fingerprint density at radius 2 is 1.66 bits per heavy atom. The molecule has 1 atom stereocenters. The van der Waals surface area contributed by atoms with Gasteiger partial charge in [0.2, 0.25) is 5.91 Å². The zero-order valence-electron chi connectivity index (χ0n) is 18.0. The molecule has 0 bridgehead atoms. The van der Waals surface area contributed by atoms with E-state index in [9.17, 15) is 4.79 Å². The molecule has 0 saturated heterocycles. The summed E-state index contributed by atoms with van der Waals surface area (Å²) in [5.41, 5.74) is 5.06. The number of amides is 1. The van der Waals surface area contributed by atoms with Gasteiger partial charge >= 0.3 is 0 Å². The Bertz CT molecular complexity index is 1280. The predicted octanol–water partition coefficient (Wildman–Crippen LogP) is 6.66. The molecule has 32 heavy (non-hydrogen) atoms. The Labute approximate surface area is 188 Å². The summed E-state index contributed by atoms with van der Waals surface area (Å²) in [7, 11) is 0. The summed E-state index contributed by atoms with van der Waals surface area (Å²) in [6.45, 7) is 2.69. The number of hydrogen-bond acceptors (Lipinski definition) is 3. The van der Waals surface area contributed by atoms with E-state index in [1.807, 2.05) is 61.5 Å². The van der Waals surface area contributed by atoms with Crippen LogP contribution in [0, 0.1) is 0 Å². The maximum absolute atomic E-state index is 12.7. The Hall–Kier alpha value is -4.05. The van der Waals surface area contributed by atoms with E-state index in [2.05, 4.69) is 64.2 Å². The smallest absolute Gasteiger partial charge is 0.231 e. The van der Waals surface area contributed by atoms with Gasteiger partial charge in [0.15, 0.2) is 0 Å². The Morgan fingerprint density at radius 1 is 0.906 bits per heavy atom. The van der Waals surface area contributed by atoms with Crippen molar-refractivity contribution in [1.82, 2.24) is 0 Å². The predicted molar refractivity (Wildman–Crippen MR) is 134 cm³/mol. The van der Waals surface area contributed by atoms with Crippen LogP contribution in [-0.2, 0) is 4.79 Å². The van der Waals surface area contributed by atoms with Crippen molar-refractivity contribution in [3.63, 3.8) is 0 Å². The monoisotopic (exact) mass is 419 g/mol. The van der Waals surface area contributed by atoms with Gasteiger partial charge in [-0.05, 0) is 54.3 Å². The summed E-state index contributed by atoms with van der Waals surface area (Å²) in [5.74, 6) is -0.227. The van der Waals surface area contributed by atoms with Crippen LogP contribution in [0.2, 0.25) is 0 Å². The van der Waals surface area contributed by atoms with E-state index in [0.29, 0.717) is 0 Å². The first-order valence-electron chi connectivity index (χ1n) is 10.9. The molecule has 4 aromatic carbocycles. The summed E-state index contributed by atoms with van der Waals surface area (Å²) in [6, 6.07) is 30.5. The summed E-state index contributed by atoms with van der Waals surface area (Å²) >= 11 is 0. The van der Waals surface area contributed by atoms with Crippen LogP contribution in [0.1, 0.15) is 18.4 Å². The van der Waals surface area contributed by atoms with Crippen LogP contribution in [0.4, 0.5) is 22.7 Å². The zero-order chi connectivity index (χ0) is 21.9. The van der Waals surface area contributed by atoms with Gasteiger partial charge in [-0.1, -0.05) is 60.7 Å². The van der Waals surface area contributed by atoms with Crippen molar-refractivity contribution in [1.29, 1.82) is 0 Å². The molecule has 5 rings (SSSR count). The van der Waals surface area contributed by atoms with Gasteiger partial charge in [0.05, 0.1) is 17.3 Å². The molecule has 0 spiro atoms. The van der Waals surface area contributed by atoms with E-state index < -0.39 is 0 Å². The molecule has 1 aliphatic rings. The lowest BCUT2D eigenvalue weighted by Crippen LogP contribution is -2.18. The van der Waals surface area contributed by atoms with E-state index in [1.54, 1.807) is 0 Å². The highest BCUT2D eigenvalue weighted by molar-refractivity contribution is 6.02. The van der Waals surface area contributed by atoms with Crippen molar-refractivity contribution in [3.8, 4) is 0 Å². The fourth-order valence-electron chi connectivity index (χ4n) is 4.12. The first-order valence-corrected chi connectivity index (χ1v) is 10.9. The van der Waals surface area contributed by atoms with E-state index in [1.165, 1.54) is 10.8 Å². The highest BCUT2D eigenvalue weighted by Crippen LogP contribution is 2.39. The quantitative estimate of drug-likeness (QED) is 0.389. The second kappa shape index (κ2) is 8.60. The lowest BCUT2D eigenvalue weighted by Gasteiger charge is -2.23. The largest absolute Gasteiger partial charge is 0.379 e. The minimum atomic E-state index is -0.212. The molecule has 4 nitrogen and oxygen atoms in total. The molecule has 1 unspecified atom stereocenters. The molecule has 0 aromatic heterocycles. The lowest BCUT2D eigenvalue weighted by atomic mass is 10.0. The molecule has 1 amide bonds. The van der Waals surface area contributed by atoms with Gasteiger partial charge in [-0.25, -0.2) is 0 Å². The minimum absolute atomic E-state index is 0.0142. The molecule has 1 aliphatic heterocycles. The fraction of sp³-hybridized carbons (Fsp3) is 0.107. The highest BCUT2D eigenvalue weighted by atomic mass is 16.1. The number of fused-ring (bicyclic) bond motifs is 3. The maximum Gasteiger partial charge on any atom is 0.231 e. The van der Waals surface area contributed by atoms with Crippen molar-refractivity contribution in [2.45, 2.75) is 12.8 Å². The normalized spacial score (nSPS) is 13.7. The number of rotatable bonds is 4. The zero-order valence-corrected chi connectivity index (χ0v) is 18.0. The summed E-state index contributed by atoms with van der Waals surface area (Å²) in [5, 5.41) is 9.01. The second-order valence-corrected chi connectivity index (χ2v) is 7.98. The molecule has 0 aliphatic carbocycles. The van der Waals surface area contributed by atoms with Crippen molar-refractivity contribution in [3.05, 3.63) is 109 Å².